The zero-order valence-corrected chi connectivity index (χ0v) is 17.4. The Morgan fingerprint density at radius 3 is 2.33 bits per heavy atom. The molecule has 1 aliphatic rings. The van der Waals surface area contributed by atoms with Crippen LogP contribution < -0.4 is 4.90 Å². The van der Waals surface area contributed by atoms with Gasteiger partial charge in [-0.3, -0.25) is 14.9 Å². The van der Waals surface area contributed by atoms with Crippen LogP contribution in [0.25, 0.3) is 5.69 Å². The molecule has 2 heterocycles. The van der Waals surface area contributed by atoms with Gasteiger partial charge >= 0.3 is 6.18 Å². The highest BCUT2D eigenvalue weighted by Gasteiger charge is 2.34. The Hall–Kier alpha value is -4.03. The average Bonchev–Trinajstić information content (AvgIpc) is 3.32. The van der Waals surface area contributed by atoms with Gasteiger partial charge in [-0.1, -0.05) is 0 Å². The van der Waals surface area contributed by atoms with E-state index in [4.69, 9.17) is 0 Å². The molecule has 2 aromatic carbocycles. The van der Waals surface area contributed by atoms with Gasteiger partial charge in [-0.05, 0) is 53.2 Å². The summed E-state index contributed by atoms with van der Waals surface area (Å²) in [5.41, 5.74) is 0.411. The quantitative estimate of drug-likeness (QED) is 0.434. The second-order valence-electron chi connectivity index (χ2n) is 7.49. The Morgan fingerprint density at radius 2 is 1.76 bits per heavy atom. The number of nitrogens with zero attached hydrogens (tertiary/aromatic N) is 7. The molecular formula is C20H18F3N7O3. The number of anilines is 1. The molecule has 1 saturated heterocycles. The third-order valence-electron chi connectivity index (χ3n) is 5.45. The standard InChI is InChI=1S/C20H18F3N7O3/c1-13-10-14(2-4-16(13)29-12-24-25-26-29)19(31)28-8-6-27(7-9-28)17-5-3-15(20(21,22)23)11-18(17)30(32)33/h2-5,10-12H,6-9H2,1H3. The van der Waals surface area contributed by atoms with E-state index in [-0.39, 0.29) is 37.8 Å². The van der Waals surface area contributed by atoms with Crippen LogP contribution in [0.4, 0.5) is 24.5 Å². The lowest BCUT2D eigenvalue weighted by atomic mass is 10.1. The summed E-state index contributed by atoms with van der Waals surface area (Å²) in [6.45, 7) is 2.87. The number of piperazine rings is 1. The van der Waals surface area contributed by atoms with Gasteiger partial charge in [-0.15, -0.1) is 5.10 Å². The molecule has 0 spiro atoms. The Kier molecular flexibility index (Phi) is 5.70. The minimum Gasteiger partial charge on any atom is -0.362 e. The van der Waals surface area contributed by atoms with Crippen LogP contribution in [-0.4, -0.2) is 62.1 Å². The number of rotatable bonds is 4. The number of benzene rings is 2. The van der Waals surface area contributed by atoms with E-state index in [2.05, 4.69) is 15.5 Å². The summed E-state index contributed by atoms with van der Waals surface area (Å²) in [6, 6.07) is 7.61. The first-order valence-electron chi connectivity index (χ1n) is 9.89. The van der Waals surface area contributed by atoms with E-state index in [1.165, 1.54) is 11.0 Å². The molecule has 4 rings (SSSR count). The van der Waals surface area contributed by atoms with Crippen LogP contribution >= 0.6 is 0 Å². The van der Waals surface area contributed by atoms with Crippen molar-refractivity contribution in [3.63, 3.8) is 0 Å². The summed E-state index contributed by atoms with van der Waals surface area (Å²) in [5.74, 6) is -0.206. The van der Waals surface area contributed by atoms with Gasteiger partial charge in [0.2, 0.25) is 0 Å². The number of tetrazole rings is 1. The van der Waals surface area contributed by atoms with E-state index < -0.39 is 22.4 Å². The van der Waals surface area contributed by atoms with Crippen LogP contribution in [0.15, 0.2) is 42.7 Å². The number of nitro benzene ring substituents is 1. The smallest absolute Gasteiger partial charge is 0.362 e. The third-order valence-corrected chi connectivity index (χ3v) is 5.45. The monoisotopic (exact) mass is 461 g/mol. The molecule has 0 atom stereocenters. The molecule has 0 bridgehead atoms. The Morgan fingerprint density at radius 1 is 1.06 bits per heavy atom. The lowest BCUT2D eigenvalue weighted by molar-refractivity contribution is -0.384. The minimum absolute atomic E-state index is 0.0988. The van der Waals surface area contributed by atoms with Crippen molar-refractivity contribution in [1.29, 1.82) is 0 Å². The first kappa shape index (κ1) is 22.2. The highest BCUT2D eigenvalue weighted by atomic mass is 19.4. The number of aromatic nitrogens is 4. The first-order chi connectivity index (χ1) is 15.6. The van der Waals surface area contributed by atoms with E-state index in [1.54, 1.807) is 28.0 Å². The summed E-state index contributed by atoms with van der Waals surface area (Å²) >= 11 is 0. The number of hydrogen-bond donors (Lipinski definition) is 0. The topological polar surface area (TPSA) is 110 Å². The predicted octanol–water partition coefficient (Wildman–Crippen LogP) is 2.86. The highest BCUT2D eigenvalue weighted by molar-refractivity contribution is 5.95. The predicted molar refractivity (Wildman–Crippen MR) is 110 cm³/mol. The normalized spacial score (nSPS) is 14.4. The Labute approximate surface area is 185 Å². The van der Waals surface area contributed by atoms with Crippen molar-refractivity contribution in [2.24, 2.45) is 0 Å². The number of carbonyl (C=O) groups excluding carboxylic acids is 1. The van der Waals surface area contributed by atoms with Crippen LogP contribution in [0.1, 0.15) is 21.5 Å². The van der Waals surface area contributed by atoms with E-state index in [0.29, 0.717) is 11.6 Å². The van der Waals surface area contributed by atoms with Crippen molar-refractivity contribution in [2.45, 2.75) is 13.1 Å². The molecular weight excluding hydrogens is 443 g/mol. The van der Waals surface area contributed by atoms with Crippen molar-refractivity contribution in [2.75, 3.05) is 31.1 Å². The second-order valence-corrected chi connectivity index (χ2v) is 7.49. The molecule has 1 aromatic heterocycles. The molecule has 3 aromatic rings. The second kappa shape index (κ2) is 8.48. The van der Waals surface area contributed by atoms with Crippen molar-refractivity contribution in [3.8, 4) is 5.69 Å². The molecule has 10 nitrogen and oxygen atoms in total. The van der Waals surface area contributed by atoms with E-state index in [1.807, 2.05) is 6.92 Å². The first-order valence-corrected chi connectivity index (χ1v) is 9.89. The van der Waals surface area contributed by atoms with Crippen LogP contribution in [0.2, 0.25) is 0 Å². The van der Waals surface area contributed by atoms with Gasteiger partial charge in [0.15, 0.2) is 0 Å². The highest BCUT2D eigenvalue weighted by Crippen LogP contribution is 2.36. The lowest BCUT2D eigenvalue weighted by Crippen LogP contribution is -2.49. The van der Waals surface area contributed by atoms with Gasteiger partial charge < -0.3 is 9.80 Å². The van der Waals surface area contributed by atoms with Gasteiger partial charge in [-0.2, -0.15) is 13.2 Å². The Bertz CT molecular complexity index is 1190. The molecule has 1 fully saturated rings. The molecule has 33 heavy (non-hydrogen) atoms. The van der Waals surface area contributed by atoms with Crippen LogP contribution in [0, 0.1) is 17.0 Å². The van der Waals surface area contributed by atoms with Gasteiger partial charge in [-0.25, -0.2) is 4.68 Å². The summed E-state index contributed by atoms with van der Waals surface area (Å²) in [6.07, 6.45) is -3.23. The third kappa shape index (κ3) is 4.47. The number of halogens is 3. The summed E-state index contributed by atoms with van der Waals surface area (Å²) in [5, 5.41) is 22.4. The fraction of sp³-hybridized carbons (Fsp3) is 0.300. The van der Waals surface area contributed by atoms with Crippen LogP contribution in [-0.2, 0) is 6.18 Å². The summed E-state index contributed by atoms with van der Waals surface area (Å²) in [4.78, 5) is 26.7. The van der Waals surface area contributed by atoms with Crippen LogP contribution in [0.3, 0.4) is 0 Å². The van der Waals surface area contributed by atoms with Gasteiger partial charge in [0.25, 0.3) is 11.6 Å². The molecule has 1 amide bonds. The molecule has 0 saturated carbocycles. The van der Waals surface area contributed by atoms with Crippen molar-refractivity contribution < 1.29 is 22.9 Å². The fourth-order valence-corrected chi connectivity index (χ4v) is 3.76. The largest absolute Gasteiger partial charge is 0.416 e. The number of hydrogen-bond acceptors (Lipinski definition) is 7. The summed E-state index contributed by atoms with van der Waals surface area (Å²) < 4.78 is 40.3. The van der Waals surface area contributed by atoms with Crippen molar-refractivity contribution in [3.05, 3.63) is 69.5 Å². The maximum atomic E-state index is 13.0. The van der Waals surface area contributed by atoms with E-state index in [0.717, 1.165) is 23.4 Å². The van der Waals surface area contributed by atoms with E-state index >= 15 is 0 Å². The molecule has 0 unspecified atom stereocenters. The lowest BCUT2D eigenvalue weighted by Gasteiger charge is -2.36. The van der Waals surface area contributed by atoms with E-state index in [9.17, 15) is 28.1 Å². The summed E-state index contributed by atoms with van der Waals surface area (Å²) in [7, 11) is 0. The molecule has 172 valence electrons. The van der Waals surface area contributed by atoms with Crippen molar-refractivity contribution in [1.82, 2.24) is 25.1 Å². The minimum atomic E-state index is -4.67. The molecule has 1 aliphatic heterocycles. The zero-order chi connectivity index (χ0) is 23.8. The molecule has 13 heteroatoms. The van der Waals surface area contributed by atoms with Crippen molar-refractivity contribution >= 4 is 17.3 Å². The Balaban J connectivity index is 1.47. The van der Waals surface area contributed by atoms with Gasteiger partial charge in [0.1, 0.15) is 12.0 Å². The molecule has 0 radical (unpaired) electrons. The maximum Gasteiger partial charge on any atom is 0.416 e. The number of alkyl halides is 3. The number of amides is 1. The van der Waals surface area contributed by atoms with Gasteiger partial charge in [0.05, 0.1) is 16.2 Å². The average molecular weight is 461 g/mol. The zero-order valence-electron chi connectivity index (χ0n) is 17.4. The molecule has 0 aliphatic carbocycles. The fourth-order valence-electron chi connectivity index (χ4n) is 3.76. The van der Waals surface area contributed by atoms with Gasteiger partial charge in [0, 0.05) is 37.8 Å². The molecule has 0 N–H and O–H groups in total. The number of nitro groups is 1. The number of aryl methyl sites for hydroxylation is 1. The number of carbonyl (C=O) groups is 1. The SMILES string of the molecule is Cc1cc(C(=O)N2CCN(c3ccc(C(F)(F)F)cc3[N+](=O)[O-])CC2)ccc1-n1cnnn1. The van der Waals surface area contributed by atoms with Crippen LogP contribution in [0.5, 0.6) is 0 Å². The maximum absolute atomic E-state index is 13.0.